The van der Waals surface area contributed by atoms with Crippen LogP contribution in [0, 0.1) is 11.8 Å². The van der Waals surface area contributed by atoms with Crippen LogP contribution < -0.4 is 15.6 Å². The molecule has 2 unspecified atom stereocenters. The van der Waals surface area contributed by atoms with Gasteiger partial charge in [-0.15, -0.1) is 0 Å². The van der Waals surface area contributed by atoms with Crippen molar-refractivity contribution < 1.29 is 14.3 Å². The summed E-state index contributed by atoms with van der Waals surface area (Å²) in [6.45, 7) is 1.99. The van der Waals surface area contributed by atoms with E-state index in [1.165, 1.54) is 13.2 Å². The minimum absolute atomic E-state index is 0.00144. The molecule has 0 radical (unpaired) electrons. The maximum Gasteiger partial charge on any atom is 0.273 e. The molecule has 1 aliphatic carbocycles. The second-order valence-electron chi connectivity index (χ2n) is 4.61. The lowest BCUT2D eigenvalue weighted by Crippen LogP contribution is -2.42. The molecule has 0 aromatic heterocycles. The highest BCUT2D eigenvalue weighted by Gasteiger charge is 2.39. The molecule has 1 aliphatic rings. The normalized spacial score (nSPS) is 20.6. The van der Waals surface area contributed by atoms with Crippen LogP contribution >= 0.6 is 11.6 Å². The molecule has 1 aromatic rings. The van der Waals surface area contributed by atoms with Crippen LogP contribution in [0.2, 0.25) is 5.02 Å². The number of ether oxygens (including phenoxy) is 1. The summed E-state index contributed by atoms with van der Waals surface area (Å²) in [5.41, 5.74) is 5.05. The standard InChI is InChI=1S/C13H15ClN2O3/c1-7-5-9(7)12(17)15-16-13(18)10-6-8(14)3-4-11(10)19-2/h3-4,6-7,9H,5H2,1-2H3,(H,15,17)(H,16,18). The van der Waals surface area contributed by atoms with E-state index >= 15 is 0 Å². The third-order valence-electron chi connectivity index (χ3n) is 3.15. The van der Waals surface area contributed by atoms with E-state index in [4.69, 9.17) is 16.3 Å². The second-order valence-corrected chi connectivity index (χ2v) is 5.04. The van der Waals surface area contributed by atoms with Gasteiger partial charge in [0, 0.05) is 10.9 Å². The highest BCUT2D eigenvalue weighted by molar-refractivity contribution is 6.31. The lowest BCUT2D eigenvalue weighted by Gasteiger charge is -2.10. The number of amides is 2. The van der Waals surface area contributed by atoms with Gasteiger partial charge in [0.25, 0.3) is 5.91 Å². The molecule has 2 atom stereocenters. The number of hydrogen-bond acceptors (Lipinski definition) is 3. The molecule has 19 heavy (non-hydrogen) atoms. The number of hydrogen-bond donors (Lipinski definition) is 2. The van der Waals surface area contributed by atoms with Crippen molar-refractivity contribution >= 4 is 23.4 Å². The van der Waals surface area contributed by atoms with E-state index in [0.717, 1.165) is 6.42 Å². The van der Waals surface area contributed by atoms with Crippen LogP contribution in [0.4, 0.5) is 0 Å². The molecule has 2 amide bonds. The molecule has 6 heteroatoms. The van der Waals surface area contributed by atoms with Crippen molar-refractivity contribution in [1.82, 2.24) is 10.9 Å². The van der Waals surface area contributed by atoms with Crippen LogP contribution in [-0.4, -0.2) is 18.9 Å². The van der Waals surface area contributed by atoms with Gasteiger partial charge in [0.2, 0.25) is 5.91 Å². The first-order valence-electron chi connectivity index (χ1n) is 5.96. The largest absolute Gasteiger partial charge is 0.496 e. The summed E-state index contributed by atoms with van der Waals surface area (Å²) in [5, 5.41) is 0.424. The van der Waals surface area contributed by atoms with Gasteiger partial charge in [-0.25, -0.2) is 0 Å². The molecule has 2 rings (SSSR count). The molecule has 0 bridgehead atoms. The topological polar surface area (TPSA) is 67.4 Å². The predicted octanol–water partition coefficient (Wildman–Crippen LogP) is 1.77. The highest BCUT2D eigenvalue weighted by atomic mass is 35.5. The first-order valence-corrected chi connectivity index (χ1v) is 6.34. The lowest BCUT2D eigenvalue weighted by molar-refractivity contribution is -0.123. The third kappa shape index (κ3) is 3.17. The maximum absolute atomic E-state index is 11.9. The summed E-state index contributed by atoms with van der Waals surface area (Å²) in [4.78, 5) is 23.5. The Labute approximate surface area is 116 Å². The minimum atomic E-state index is -0.457. The molecular weight excluding hydrogens is 268 g/mol. The van der Waals surface area contributed by atoms with Gasteiger partial charge in [-0.1, -0.05) is 18.5 Å². The second kappa shape index (κ2) is 5.48. The van der Waals surface area contributed by atoms with Crippen LogP contribution in [0.1, 0.15) is 23.7 Å². The van der Waals surface area contributed by atoms with E-state index in [9.17, 15) is 9.59 Å². The van der Waals surface area contributed by atoms with E-state index in [2.05, 4.69) is 10.9 Å². The van der Waals surface area contributed by atoms with Gasteiger partial charge in [-0.2, -0.15) is 0 Å². The van der Waals surface area contributed by atoms with E-state index in [1.807, 2.05) is 6.92 Å². The number of carbonyl (C=O) groups is 2. The average molecular weight is 283 g/mol. The molecule has 5 nitrogen and oxygen atoms in total. The van der Waals surface area contributed by atoms with Gasteiger partial charge in [-0.05, 0) is 30.5 Å². The Morgan fingerprint density at radius 2 is 2.05 bits per heavy atom. The zero-order chi connectivity index (χ0) is 14.0. The maximum atomic E-state index is 11.9. The molecule has 1 aromatic carbocycles. The molecule has 0 heterocycles. The Hall–Kier alpha value is -1.75. The molecule has 0 aliphatic heterocycles. The number of nitrogens with one attached hydrogen (secondary N) is 2. The minimum Gasteiger partial charge on any atom is -0.496 e. The number of benzene rings is 1. The van der Waals surface area contributed by atoms with Crippen LogP contribution in [0.25, 0.3) is 0 Å². The SMILES string of the molecule is COc1ccc(Cl)cc1C(=O)NNC(=O)C1CC1C. The molecule has 102 valence electrons. The van der Waals surface area contributed by atoms with Gasteiger partial charge in [0.05, 0.1) is 12.7 Å². The third-order valence-corrected chi connectivity index (χ3v) is 3.39. The van der Waals surface area contributed by atoms with Crippen LogP contribution in [-0.2, 0) is 4.79 Å². The monoisotopic (exact) mass is 282 g/mol. The van der Waals surface area contributed by atoms with Gasteiger partial charge in [0.1, 0.15) is 5.75 Å². The molecular formula is C13H15ClN2O3. The number of carbonyl (C=O) groups excluding carboxylic acids is 2. The van der Waals surface area contributed by atoms with Crippen molar-refractivity contribution in [1.29, 1.82) is 0 Å². The highest BCUT2D eigenvalue weighted by Crippen LogP contribution is 2.37. The van der Waals surface area contributed by atoms with Crippen molar-refractivity contribution in [2.24, 2.45) is 11.8 Å². The molecule has 0 spiro atoms. The van der Waals surface area contributed by atoms with E-state index < -0.39 is 5.91 Å². The molecule has 1 saturated carbocycles. The fraction of sp³-hybridized carbons (Fsp3) is 0.385. The Bertz CT molecular complexity index is 519. The molecule has 2 N–H and O–H groups in total. The Morgan fingerprint density at radius 3 is 2.63 bits per heavy atom. The summed E-state index contributed by atoms with van der Waals surface area (Å²) in [6, 6.07) is 4.71. The summed E-state index contributed by atoms with van der Waals surface area (Å²) >= 11 is 5.84. The van der Waals surface area contributed by atoms with Crippen LogP contribution in [0.15, 0.2) is 18.2 Å². The van der Waals surface area contributed by atoms with Gasteiger partial charge >= 0.3 is 0 Å². The van der Waals surface area contributed by atoms with E-state index in [0.29, 0.717) is 16.7 Å². The van der Waals surface area contributed by atoms with Crippen molar-refractivity contribution in [2.75, 3.05) is 7.11 Å². The fourth-order valence-corrected chi connectivity index (χ4v) is 2.00. The summed E-state index contributed by atoms with van der Waals surface area (Å²) < 4.78 is 5.07. The predicted molar refractivity (Wildman–Crippen MR) is 70.9 cm³/mol. The Morgan fingerprint density at radius 1 is 1.37 bits per heavy atom. The average Bonchev–Trinajstić information content (AvgIpc) is 3.12. The van der Waals surface area contributed by atoms with Gasteiger partial charge in [0.15, 0.2) is 0 Å². The van der Waals surface area contributed by atoms with Gasteiger partial charge < -0.3 is 4.74 Å². The smallest absolute Gasteiger partial charge is 0.273 e. The fourth-order valence-electron chi connectivity index (χ4n) is 1.82. The number of methoxy groups -OCH3 is 1. The van der Waals surface area contributed by atoms with E-state index in [-0.39, 0.29) is 17.4 Å². The zero-order valence-electron chi connectivity index (χ0n) is 10.7. The lowest BCUT2D eigenvalue weighted by atomic mass is 10.2. The number of halogens is 1. The zero-order valence-corrected chi connectivity index (χ0v) is 11.5. The molecule has 1 fully saturated rings. The Balaban J connectivity index is 1.99. The van der Waals surface area contributed by atoms with Crippen LogP contribution in [0.5, 0.6) is 5.75 Å². The van der Waals surface area contributed by atoms with Crippen LogP contribution in [0.3, 0.4) is 0 Å². The summed E-state index contributed by atoms with van der Waals surface area (Å²) in [5.74, 6) is 0.165. The summed E-state index contributed by atoms with van der Waals surface area (Å²) in [7, 11) is 1.46. The van der Waals surface area contributed by atoms with E-state index in [1.54, 1.807) is 12.1 Å². The van der Waals surface area contributed by atoms with Crippen molar-refractivity contribution in [3.8, 4) is 5.75 Å². The number of rotatable bonds is 3. The Kier molecular flexibility index (Phi) is 3.95. The van der Waals surface area contributed by atoms with Crippen molar-refractivity contribution in [3.63, 3.8) is 0 Å². The first-order chi connectivity index (χ1) is 9.02. The quantitative estimate of drug-likeness (QED) is 0.830. The number of hydrazine groups is 1. The first kappa shape index (κ1) is 13.7. The molecule has 0 saturated heterocycles. The van der Waals surface area contributed by atoms with Crippen molar-refractivity contribution in [3.05, 3.63) is 28.8 Å². The van der Waals surface area contributed by atoms with Crippen molar-refractivity contribution in [2.45, 2.75) is 13.3 Å². The van der Waals surface area contributed by atoms with Gasteiger partial charge in [-0.3, -0.25) is 20.4 Å². The summed E-state index contributed by atoms with van der Waals surface area (Å²) in [6.07, 6.45) is 0.863.